The normalized spacial score (nSPS) is 10.1. The van der Waals surface area contributed by atoms with Gasteiger partial charge in [-0.25, -0.2) is 4.79 Å². The fraction of sp³-hybridized carbons (Fsp3) is 0.250. The highest BCUT2D eigenvalue weighted by Crippen LogP contribution is 2.17. The fourth-order valence-corrected chi connectivity index (χ4v) is 2.04. The Balaban J connectivity index is 1.94. The minimum Gasteiger partial charge on any atom is -0.496 e. The summed E-state index contributed by atoms with van der Waals surface area (Å²) in [5, 5.41) is 5.75. The van der Waals surface area contributed by atoms with Gasteiger partial charge in [0.2, 0.25) is 0 Å². The Kier molecular flexibility index (Phi) is 5.31. The zero-order valence-electron chi connectivity index (χ0n) is 13.4. The predicted octanol–water partition coefficient (Wildman–Crippen LogP) is 1.41. The first-order valence-electron chi connectivity index (χ1n) is 7.01. The number of methoxy groups -OCH3 is 1. The summed E-state index contributed by atoms with van der Waals surface area (Å²) < 4.78 is 14.8. The molecule has 0 unspecified atom stereocenters. The molecule has 2 aromatic rings. The van der Waals surface area contributed by atoms with E-state index in [9.17, 15) is 14.4 Å². The van der Waals surface area contributed by atoms with Crippen LogP contribution >= 0.6 is 0 Å². The second-order valence-electron chi connectivity index (χ2n) is 4.85. The van der Waals surface area contributed by atoms with E-state index < -0.39 is 24.4 Å². The van der Waals surface area contributed by atoms with E-state index in [0.29, 0.717) is 17.2 Å². The van der Waals surface area contributed by atoms with Gasteiger partial charge in [-0.3, -0.25) is 14.9 Å². The molecule has 24 heavy (non-hydrogen) atoms. The highest BCUT2D eigenvalue weighted by atomic mass is 16.5. The first-order chi connectivity index (χ1) is 11.4. The maximum absolute atomic E-state index is 12.0. The van der Waals surface area contributed by atoms with Crippen molar-refractivity contribution in [2.75, 3.05) is 13.7 Å². The summed E-state index contributed by atoms with van der Waals surface area (Å²) in [5.74, 6) is -1.53. The maximum atomic E-state index is 12.0. The molecular weight excluding hydrogens is 316 g/mol. The van der Waals surface area contributed by atoms with Crippen molar-refractivity contribution < 1.29 is 28.4 Å². The summed E-state index contributed by atoms with van der Waals surface area (Å²) in [6.45, 7) is 2.53. The topological polar surface area (TPSA) is 108 Å². The minimum atomic E-state index is -0.758. The average molecular weight is 332 g/mol. The van der Waals surface area contributed by atoms with Gasteiger partial charge in [-0.2, -0.15) is 0 Å². The molecule has 126 valence electrons. The molecular formula is C16H16N2O6. The number of aromatic nitrogens is 1. The van der Waals surface area contributed by atoms with E-state index in [2.05, 4.69) is 10.5 Å². The third kappa shape index (κ3) is 3.78. The first-order valence-corrected chi connectivity index (χ1v) is 7.01. The average Bonchev–Trinajstić information content (AvgIpc) is 2.91. The number of nitrogens with one attached hydrogen (secondary N) is 1. The summed E-state index contributed by atoms with van der Waals surface area (Å²) in [4.78, 5) is 35.7. The Morgan fingerprint density at radius 2 is 1.92 bits per heavy atom. The number of nitrogens with zero attached hydrogens (tertiary/aromatic N) is 1. The smallest absolute Gasteiger partial charge is 0.344 e. The number of ether oxygens (including phenoxy) is 2. The Bertz CT molecular complexity index is 761. The van der Waals surface area contributed by atoms with Crippen molar-refractivity contribution in [3.63, 3.8) is 0 Å². The number of carbonyl (C=O) groups is 3. The molecule has 0 atom stereocenters. The van der Waals surface area contributed by atoms with Crippen molar-refractivity contribution in [3.8, 4) is 5.75 Å². The third-order valence-electron chi connectivity index (χ3n) is 3.18. The van der Waals surface area contributed by atoms with Crippen molar-refractivity contribution in [1.82, 2.24) is 10.5 Å². The van der Waals surface area contributed by atoms with E-state index in [0.717, 1.165) is 0 Å². The molecule has 0 saturated carbocycles. The van der Waals surface area contributed by atoms with Crippen LogP contribution in [0.25, 0.3) is 0 Å². The largest absolute Gasteiger partial charge is 0.496 e. The molecule has 2 rings (SSSR count). The first kappa shape index (κ1) is 17.2. The maximum Gasteiger partial charge on any atom is 0.344 e. The standard InChI is InChI=1S/C16H16N2O6/c1-9-14(10(2)24-18-9)16(21)23-8-13(19)17-15(20)11-6-4-5-7-12(11)22-3/h4-7H,8H2,1-3H3,(H,17,19,20). The van der Waals surface area contributed by atoms with Crippen LogP contribution in [-0.4, -0.2) is 36.7 Å². The molecule has 0 aliphatic heterocycles. The van der Waals surface area contributed by atoms with Gasteiger partial charge in [-0.15, -0.1) is 0 Å². The Labute approximate surface area is 137 Å². The summed E-state index contributed by atoms with van der Waals surface area (Å²) in [7, 11) is 1.42. The van der Waals surface area contributed by atoms with Gasteiger partial charge >= 0.3 is 5.97 Å². The number of aryl methyl sites for hydroxylation is 2. The van der Waals surface area contributed by atoms with Gasteiger partial charge in [0.15, 0.2) is 6.61 Å². The fourth-order valence-electron chi connectivity index (χ4n) is 2.04. The number of hydrogen-bond donors (Lipinski definition) is 1. The predicted molar refractivity (Wildman–Crippen MR) is 81.7 cm³/mol. The van der Waals surface area contributed by atoms with Gasteiger partial charge in [-0.05, 0) is 26.0 Å². The lowest BCUT2D eigenvalue weighted by Gasteiger charge is -2.08. The van der Waals surface area contributed by atoms with Crippen molar-refractivity contribution in [2.45, 2.75) is 13.8 Å². The van der Waals surface area contributed by atoms with Crippen LogP contribution in [0.15, 0.2) is 28.8 Å². The molecule has 0 fully saturated rings. The van der Waals surface area contributed by atoms with Gasteiger partial charge in [0.25, 0.3) is 11.8 Å². The minimum absolute atomic E-state index is 0.166. The Hall–Kier alpha value is -3.16. The molecule has 1 heterocycles. The van der Waals surface area contributed by atoms with Crippen LogP contribution in [-0.2, 0) is 9.53 Å². The summed E-state index contributed by atoms with van der Waals surface area (Å²) in [6.07, 6.45) is 0. The van der Waals surface area contributed by atoms with Gasteiger partial charge in [0.05, 0.1) is 18.4 Å². The van der Waals surface area contributed by atoms with E-state index >= 15 is 0 Å². The number of benzene rings is 1. The zero-order valence-corrected chi connectivity index (χ0v) is 13.4. The van der Waals surface area contributed by atoms with Crippen LogP contribution < -0.4 is 10.1 Å². The van der Waals surface area contributed by atoms with Crippen LogP contribution in [0.1, 0.15) is 32.2 Å². The molecule has 1 aromatic carbocycles. The number of carbonyl (C=O) groups excluding carboxylic acids is 3. The number of amides is 2. The Morgan fingerprint density at radius 3 is 2.54 bits per heavy atom. The number of rotatable bonds is 5. The lowest BCUT2D eigenvalue weighted by atomic mass is 10.2. The highest BCUT2D eigenvalue weighted by molar-refractivity contribution is 6.07. The van der Waals surface area contributed by atoms with Gasteiger partial charge < -0.3 is 14.0 Å². The van der Waals surface area contributed by atoms with Crippen LogP contribution in [0, 0.1) is 13.8 Å². The molecule has 8 nitrogen and oxygen atoms in total. The molecule has 0 aliphatic rings. The lowest BCUT2D eigenvalue weighted by molar-refractivity contribution is -0.123. The van der Waals surface area contributed by atoms with Crippen LogP contribution in [0.3, 0.4) is 0 Å². The second kappa shape index (κ2) is 7.40. The summed E-state index contributed by atoms with van der Waals surface area (Å²) >= 11 is 0. The quantitative estimate of drug-likeness (QED) is 0.825. The molecule has 2 amide bonds. The molecule has 1 N–H and O–H groups in total. The van der Waals surface area contributed by atoms with Crippen LogP contribution in [0.5, 0.6) is 5.75 Å². The molecule has 1 aromatic heterocycles. The van der Waals surface area contributed by atoms with Crippen molar-refractivity contribution in [2.24, 2.45) is 0 Å². The molecule has 0 saturated heterocycles. The number of hydrogen-bond acceptors (Lipinski definition) is 7. The van der Waals surface area contributed by atoms with Crippen LogP contribution in [0.4, 0.5) is 0 Å². The summed E-state index contributed by atoms with van der Waals surface area (Å²) in [6, 6.07) is 6.44. The van der Waals surface area contributed by atoms with E-state index in [1.54, 1.807) is 32.0 Å². The van der Waals surface area contributed by atoms with Crippen molar-refractivity contribution in [1.29, 1.82) is 0 Å². The zero-order chi connectivity index (χ0) is 17.7. The molecule has 0 radical (unpaired) electrons. The van der Waals surface area contributed by atoms with E-state index in [1.165, 1.54) is 13.2 Å². The van der Waals surface area contributed by atoms with Crippen molar-refractivity contribution >= 4 is 17.8 Å². The van der Waals surface area contributed by atoms with Gasteiger partial charge in [-0.1, -0.05) is 17.3 Å². The number of imide groups is 1. The molecule has 0 bridgehead atoms. The number of para-hydroxylation sites is 1. The van der Waals surface area contributed by atoms with Crippen LogP contribution in [0.2, 0.25) is 0 Å². The Morgan fingerprint density at radius 1 is 1.21 bits per heavy atom. The third-order valence-corrected chi connectivity index (χ3v) is 3.18. The van der Waals surface area contributed by atoms with E-state index in [-0.39, 0.29) is 11.1 Å². The molecule has 0 aliphatic carbocycles. The number of esters is 1. The lowest BCUT2D eigenvalue weighted by Crippen LogP contribution is -2.34. The van der Waals surface area contributed by atoms with Gasteiger partial charge in [0, 0.05) is 0 Å². The second-order valence-corrected chi connectivity index (χ2v) is 4.85. The highest BCUT2D eigenvalue weighted by Gasteiger charge is 2.21. The van der Waals surface area contributed by atoms with Crippen molar-refractivity contribution in [3.05, 3.63) is 46.8 Å². The molecule has 0 spiro atoms. The van der Waals surface area contributed by atoms with E-state index in [4.69, 9.17) is 14.0 Å². The monoisotopic (exact) mass is 332 g/mol. The SMILES string of the molecule is COc1ccccc1C(=O)NC(=O)COC(=O)c1c(C)noc1C. The van der Waals surface area contributed by atoms with E-state index in [1.807, 2.05) is 0 Å². The molecule has 8 heteroatoms. The summed E-state index contributed by atoms with van der Waals surface area (Å²) in [5.41, 5.74) is 0.729. The van der Waals surface area contributed by atoms with Gasteiger partial charge in [0.1, 0.15) is 17.1 Å².